The van der Waals surface area contributed by atoms with E-state index in [1.165, 1.54) is 38.5 Å². The van der Waals surface area contributed by atoms with Gasteiger partial charge in [0.1, 0.15) is 43.2 Å². The number of aliphatic hydroxyl groups excluding tert-OH is 7. The summed E-state index contributed by atoms with van der Waals surface area (Å²) in [5, 5.41) is 70.9. The highest BCUT2D eigenvalue weighted by Gasteiger charge is 2.51. The van der Waals surface area contributed by atoms with Crippen LogP contribution in [0.15, 0.2) is 72.9 Å². The first-order chi connectivity index (χ1) is 31.2. The van der Waals surface area contributed by atoms with Gasteiger partial charge in [0.2, 0.25) is 0 Å². The molecule has 15 nitrogen and oxygen atoms in total. The van der Waals surface area contributed by atoms with Crippen LogP contribution in [0.4, 0.5) is 0 Å². The number of phosphoric ester groups is 1. The standard InChI is InChI=1S/C49H83O15P/c1-3-5-7-9-11-13-15-17-18-19-20-21-23-25-27-29-31-35-43(53)63-39(38-62-65(59,60)64-49-47(57)45(55)44(54)46(56)48(49)58)37-61-42(52)36-32-34-41(51)40(50)33-30-28-26-24-22-16-14-12-10-8-6-4-2/h11-14,17-18,20-22,24,28,30,39-41,44-51,54-58H,3-10,15-16,19,23,25-27,29,31-38H2,1-2H3,(H,59,60)/b13-11-,14-12-,18-17-,21-20-,24-22-,30-28-/t39-,40?,41?,44?,45-,46+,47-,48-,49?/m1/s1. The molecule has 1 aliphatic rings. The monoisotopic (exact) mass is 943 g/mol. The third-order valence-corrected chi connectivity index (χ3v) is 11.7. The Morgan fingerprint density at radius 1 is 0.538 bits per heavy atom. The molecule has 1 fully saturated rings. The van der Waals surface area contributed by atoms with Crippen LogP contribution in [0.5, 0.6) is 0 Å². The van der Waals surface area contributed by atoms with Gasteiger partial charge in [-0.1, -0.05) is 125 Å². The summed E-state index contributed by atoms with van der Waals surface area (Å²) >= 11 is 0. The molecule has 0 aliphatic heterocycles. The highest BCUT2D eigenvalue weighted by atomic mass is 31.2. The second-order valence-electron chi connectivity index (χ2n) is 16.6. The maximum atomic E-state index is 12.8. The van der Waals surface area contributed by atoms with E-state index in [9.17, 15) is 54.8 Å². The van der Waals surface area contributed by atoms with Crippen molar-refractivity contribution in [2.75, 3.05) is 13.2 Å². The van der Waals surface area contributed by atoms with Gasteiger partial charge < -0.3 is 50.1 Å². The molecule has 16 heteroatoms. The number of ether oxygens (including phenoxy) is 2. The summed E-state index contributed by atoms with van der Waals surface area (Å²) in [4.78, 5) is 35.8. The summed E-state index contributed by atoms with van der Waals surface area (Å²) in [6.45, 7) is 2.96. The molecule has 8 N–H and O–H groups in total. The van der Waals surface area contributed by atoms with E-state index in [0.29, 0.717) is 12.8 Å². The molecule has 0 bridgehead atoms. The van der Waals surface area contributed by atoms with E-state index in [1.54, 1.807) is 6.08 Å². The van der Waals surface area contributed by atoms with Crippen molar-refractivity contribution in [3.8, 4) is 0 Å². The third-order valence-electron chi connectivity index (χ3n) is 10.7. The number of aliphatic hydroxyl groups is 7. The Bertz CT molecular complexity index is 1450. The smallest absolute Gasteiger partial charge is 0.462 e. The van der Waals surface area contributed by atoms with Gasteiger partial charge in [0.15, 0.2) is 6.10 Å². The van der Waals surface area contributed by atoms with E-state index >= 15 is 0 Å². The van der Waals surface area contributed by atoms with E-state index in [4.69, 9.17) is 18.5 Å². The lowest BCUT2D eigenvalue weighted by molar-refractivity contribution is -0.220. The highest BCUT2D eigenvalue weighted by Crippen LogP contribution is 2.47. The molecule has 1 aliphatic carbocycles. The van der Waals surface area contributed by atoms with Gasteiger partial charge >= 0.3 is 19.8 Å². The van der Waals surface area contributed by atoms with Crippen LogP contribution in [0.2, 0.25) is 0 Å². The predicted octanol–water partition coefficient (Wildman–Crippen LogP) is 7.44. The number of hydrogen-bond acceptors (Lipinski definition) is 14. The Kier molecular flexibility index (Phi) is 35.4. The van der Waals surface area contributed by atoms with Gasteiger partial charge in [0, 0.05) is 12.8 Å². The number of carbonyl (C=O) groups is 2. The third kappa shape index (κ3) is 30.3. The summed E-state index contributed by atoms with van der Waals surface area (Å²) in [5.41, 5.74) is 0. The van der Waals surface area contributed by atoms with Crippen molar-refractivity contribution in [1.29, 1.82) is 0 Å². The molecule has 0 radical (unpaired) electrons. The summed E-state index contributed by atoms with van der Waals surface area (Å²) in [6.07, 6.45) is 26.7. The first-order valence-electron chi connectivity index (χ1n) is 23.9. The lowest BCUT2D eigenvalue weighted by atomic mass is 9.85. The molecule has 374 valence electrons. The Hall–Kier alpha value is -2.79. The average molecular weight is 943 g/mol. The van der Waals surface area contributed by atoms with Crippen molar-refractivity contribution in [2.24, 2.45) is 0 Å². The van der Waals surface area contributed by atoms with Gasteiger partial charge in [-0.2, -0.15) is 0 Å². The fourth-order valence-corrected chi connectivity index (χ4v) is 7.66. The minimum atomic E-state index is -5.20. The quantitative estimate of drug-likeness (QED) is 0.0130. The fourth-order valence-electron chi connectivity index (χ4n) is 6.69. The predicted molar refractivity (Wildman–Crippen MR) is 251 cm³/mol. The molecule has 0 aromatic rings. The van der Waals surface area contributed by atoms with Crippen molar-refractivity contribution in [2.45, 2.75) is 210 Å². The van der Waals surface area contributed by atoms with Gasteiger partial charge in [-0.3, -0.25) is 18.6 Å². The van der Waals surface area contributed by atoms with Crippen LogP contribution in [0.25, 0.3) is 0 Å². The second kappa shape index (κ2) is 38.2. The SMILES string of the molecule is CCCCC/C=C\C/C=C\C/C=C\CCCCCCC(=O)O[C@H](COC(=O)CCCC(O)C(O)C/C=C\C/C=C\C/C=C\CCCCC)COP(=O)(O)OC1[C@H](O)[C@H](O)C(O)[C@H](O)[C@H]1O. The normalized spacial score (nSPS) is 23.0. The first-order valence-corrected chi connectivity index (χ1v) is 25.4. The molecule has 0 saturated heterocycles. The lowest BCUT2D eigenvalue weighted by Gasteiger charge is -2.41. The zero-order valence-corrected chi connectivity index (χ0v) is 39.9. The van der Waals surface area contributed by atoms with Gasteiger partial charge in [0.05, 0.1) is 18.8 Å². The molecule has 1 saturated carbocycles. The topological polar surface area (TPSA) is 250 Å². The number of phosphoric acid groups is 1. The van der Waals surface area contributed by atoms with Crippen molar-refractivity contribution in [3.05, 3.63) is 72.9 Å². The molecule has 0 aromatic carbocycles. The average Bonchev–Trinajstić information content (AvgIpc) is 3.28. The van der Waals surface area contributed by atoms with Gasteiger partial charge in [0.25, 0.3) is 0 Å². The van der Waals surface area contributed by atoms with Crippen LogP contribution in [0.1, 0.15) is 155 Å². The molecule has 0 spiro atoms. The summed E-state index contributed by atoms with van der Waals surface area (Å²) < 4.78 is 33.3. The fraction of sp³-hybridized carbons (Fsp3) is 0.714. The van der Waals surface area contributed by atoms with E-state index in [-0.39, 0.29) is 32.1 Å². The van der Waals surface area contributed by atoms with Crippen molar-refractivity contribution in [3.63, 3.8) is 0 Å². The van der Waals surface area contributed by atoms with Crippen LogP contribution in [-0.2, 0) is 32.7 Å². The molecular weight excluding hydrogens is 859 g/mol. The van der Waals surface area contributed by atoms with Gasteiger partial charge in [-0.15, -0.1) is 0 Å². The molecule has 65 heavy (non-hydrogen) atoms. The van der Waals surface area contributed by atoms with Crippen LogP contribution < -0.4 is 0 Å². The molecule has 1 rings (SSSR count). The zero-order chi connectivity index (χ0) is 48.1. The summed E-state index contributed by atoms with van der Waals surface area (Å²) in [6, 6.07) is 0. The second-order valence-corrected chi connectivity index (χ2v) is 18.0. The Balaban J connectivity index is 2.58. The van der Waals surface area contributed by atoms with Crippen molar-refractivity contribution >= 4 is 19.8 Å². The highest BCUT2D eigenvalue weighted by molar-refractivity contribution is 7.47. The maximum absolute atomic E-state index is 12.8. The van der Waals surface area contributed by atoms with Crippen LogP contribution >= 0.6 is 7.82 Å². The van der Waals surface area contributed by atoms with E-state index in [1.807, 2.05) is 12.2 Å². The zero-order valence-electron chi connectivity index (χ0n) is 39.0. The van der Waals surface area contributed by atoms with Crippen LogP contribution in [0, 0.1) is 0 Å². The summed E-state index contributed by atoms with van der Waals surface area (Å²) in [7, 11) is -5.20. The molecule has 0 heterocycles. The minimum Gasteiger partial charge on any atom is -0.462 e. The Morgan fingerprint density at radius 3 is 1.51 bits per heavy atom. The van der Waals surface area contributed by atoms with Crippen LogP contribution in [-0.4, -0.2) is 121 Å². The molecule has 0 aromatic heterocycles. The number of allylic oxidation sites excluding steroid dienone is 11. The largest absolute Gasteiger partial charge is 0.472 e. The Morgan fingerprint density at radius 2 is 0.985 bits per heavy atom. The number of carbonyl (C=O) groups excluding carboxylic acids is 2. The maximum Gasteiger partial charge on any atom is 0.472 e. The molecule has 5 unspecified atom stereocenters. The van der Waals surface area contributed by atoms with Crippen molar-refractivity contribution < 1.29 is 73.3 Å². The van der Waals surface area contributed by atoms with Gasteiger partial charge in [-0.25, -0.2) is 4.57 Å². The number of unbranched alkanes of at least 4 members (excludes halogenated alkanes) is 10. The number of rotatable bonds is 38. The lowest BCUT2D eigenvalue weighted by Crippen LogP contribution is -2.64. The Labute approximate surface area is 388 Å². The number of hydrogen-bond donors (Lipinski definition) is 8. The molecule has 0 amide bonds. The van der Waals surface area contributed by atoms with E-state index < -0.39 is 87.9 Å². The van der Waals surface area contributed by atoms with Crippen LogP contribution in [0.3, 0.4) is 0 Å². The molecular formula is C49H83O15P. The van der Waals surface area contributed by atoms with E-state index in [0.717, 1.165) is 57.8 Å². The first kappa shape index (κ1) is 60.2. The van der Waals surface area contributed by atoms with Gasteiger partial charge in [-0.05, 0) is 89.9 Å². The van der Waals surface area contributed by atoms with E-state index in [2.05, 4.69) is 68.5 Å². The summed E-state index contributed by atoms with van der Waals surface area (Å²) in [5.74, 6) is -1.42. The number of esters is 2. The molecule has 10 atom stereocenters. The van der Waals surface area contributed by atoms with Crippen molar-refractivity contribution in [1.82, 2.24) is 0 Å². The minimum absolute atomic E-state index is 0.00688.